The van der Waals surface area contributed by atoms with E-state index in [9.17, 15) is 14.7 Å². The average molecular weight is 327 g/mol. The van der Waals surface area contributed by atoms with Crippen LogP contribution in [0.25, 0.3) is 0 Å². The summed E-state index contributed by atoms with van der Waals surface area (Å²) in [6, 6.07) is 11.4. The zero-order valence-electron chi connectivity index (χ0n) is 13.2. The predicted octanol–water partition coefficient (Wildman–Crippen LogP) is 2.12. The van der Waals surface area contributed by atoms with Crippen LogP contribution in [0.4, 0.5) is 5.69 Å². The average Bonchev–Trinajstić information content (AvgIpc) is 2.56. The fraction of sp³-hybridized carbons (Fsp3) is 0.118. The maximum Gasteiger partial charge on any atom is 0.271 e. The number of anilines is 1. The molecule has 3 N–H and O–H groups in total. The molecule has 2 aromatic carbocycles. The highest BCUT2D eigenvalue weighted by Crippen LogP contribution is 2.27. The molecule has 7 heteroatoms. The molecule has 0 aromatic heterocycles. The summed E-state index contributed by atoms with van der Waals surface area (Å²) in [6.07, 6.45) is 1.31. The molecule has 0 aliphatic carbocycles. The molecule has 0 saturated heterocycles. The van der Waals surface area contributed by atoms with E-state index in [4.69, 9.17) is 4.74 Å². The topological polar surface area (TPSA) is 100 Å². The van der Waals surface area contributed by atoms with E-state index in [1.807, 2.05) is 0 Å². The molecular weight excluding hydrogens is 310 g/mol. The second-order valence-corrected chi connectivity index (χ2v) is 4.86. The van der Waals surface area contributed by atoms with Crippen molar-refractivity contribution in [2.45, 2.75) is 6.92 Å². The fourth-order valence-electron chi connectivity index (χ4n) is 1.97. The molecule has 0 spiro atoms. The monoisotopic (exact) mass is 327 g/mol. The van der Waals surface area contributed by atoms with Crippen LogP contribution in [0.2, 0.25) is 0 Å². The van der Waals surface area contributed by atoms with Crippen LogP contribution in [-0.2, 0) is 4.79 Å². The van der Waals surface area contributed by atoms with Crippen LogP contribution in [0.5, 0.6) is 11.5 Å². The molecule has 0 atom stereocenters. The number of nitrogens with zero attached hydrogens (tertiary/aromatic N) is 1. The SMILES string of the molecule is COc1cccc(/C=N/NC(=O)c2cccc(NC(C)=O)c2)c1O. The Labute approximate surface area is 139 Å². The molecule has 0 heterocycles. The van der Waals surface area contributed by atoms with Crippen LogP contribution in [0.1, 0.15) is 22.8 Å². The summed E-state index contributed by atoms with van der Waals surface area (Å²) in [4.78, 5) is 23.1. The number of phenols is 1. The highest BCUT2D eigenvalue weighted by atomic mass is 16.5. The highest BCUT2D eigenvalue weighted by molar-refractivity contribution is 5.97. The molecule has 2 aromatic rings. The predicted molar refractivity (Wildman–Crippen MR) is 90.5 cm³/mol. The molecule has 124 valence electrons. The third-order valence-electron chi connectivity index (χ3n) is 3.06. The van der Waals surface area contributed by atoms with Crippen molar-refractivity contribution in [1.82, 2.24) is 5.43 Å². The summed E-state index contributed by atoms with van der Waals surface area (Å²) < 4.78 is 4.99. The van der Waals surface area contributed by atoms with Crippen molar-refractivity contribution in [2.75, 3.05) is 12.4 Å². The lowest BCUT2D eigenvalue weighted by atomic mass is 10.2. The summed E-state index contributed by atoms with van der Waals surface area (Å²) in [5.74, 6) is -0.418. The Morgan fingerprint density at radius 1 is 1.21 bits per heavy atom. The van der Waals surface area contributed by atoms with Gasteiger partial charge in [-0.05, 0) is 30.3 Å². The number of hydrogen-bond donors (Lipinski definition) is 3. The first kappa shape index (κ1) is 17.0. The van der Waals surface area contributed by atoms with Gasteiger partial charge in [0.1, 0.15) is 0 Å². The number of methoxy groups -OCH3 is 1. The van der Waals surface area contributed by atoms with Crippen LogP contribution in [-0.4, -0.2) is 30.2 Å². The van der Waals surface area contributed by atoms with Gasteiger partial charge in [-0.25, -0.2) is 5.43 Å². The quantitative estimate of drug-likeness (QED) is 0.578. The first-order chi connectivity index (χ1) is 11.5. The van der Waals surface area contributed by atoms with Gasteiger partial charge in [0.2, 0.25) is 5.91 Å². The van der Waals surface area contributed by atoms with E-state index >= 15 is 0 Å². The number of carbonyl (C=O) groups excluding carboxylic acids is 2. The van der Waals surface area contributed by atoms with Gasteiger partial charge in [-0.1, -0.05) is 12.1 Å². The van der Waals surface area contributed by atoms with Gasteiger partial charge in [0.15, 0.2) is 11.5 Å². The van der Waals surface area contributed by atoms with Gasteiger partial charge in [0.25, 0.3) is 5.91 Å². The molecule has 2 amide bonds. The number of benzene rings is 2. The molecule has 24 heavy (non-hydrogen) atoms. The largest absolute Gasteiger partial charge is 0.504 e. The van der Waals surface area contributed by atoms with E-state index in [0.717, 1.165) is 0 Å². The number of hydrazone groups is 1. The van der Waals surface area contributed by atoms with Gasteiger partial charge in [-0.15, -0.1) is 0 Å². The van der Waals surface area contributed by atoms with Crippen LogP contribution in [0.3, 0.4) is 0 Å². The van der Waals surface area contributed by atoms with E-state index in [1.165, 1.54) is 26.3 Å². The molecule has 0 fully saturated rings. The number of hydrogen-bond acceptors (Lipinski definition) is 5. The van der Waals surface area contributed by atoms with E-state index in [0.29, 0.717) is 22.6 Å². The van der Waals surface area contributed by atoms with Crippen molar-refractivity contribution in [3.05, 3.63) is 53.6 Å². The minimum absolute atomic E-state index is 0.0642. The van der Waals surface area contributed by atoms with Crippen LogP contribution in [0.15, 0.2) is 47.6 Å². The van der Waals surface area contributed by atoms with E-state index in [1.54, 1.807) is 36.4 Å². The second-order valence-electron chi connectivity index (χ2n) is 4.86. The molecule has 0 saturated carbocycles. The third-order valence-corrected chi connectivity index (χ3v) is 3.06. The van der Waals surface area contributed by atoms with Crippen LogP contribution < -0.4 is 15.5 Å². The summed E-state index contributed by atoms with van der Waals surface area (Å²) in [5, 5.41) is 16.3. The summed E-state index contributed by atoms with van der Waals surface area (Å²) in [5.41, 5.74) is 3.62. The second kappa shape index (κ2) is 7.77. The summed E-state index contributed by atoms with van der Waals surface area (Å²) in [7, 11) is 1.44. The molecule has 0 aliphatic heterocycles. The van der Waals surface area contributed by atoms with Crippen LogP contribution >= 0.6 is 0 Å². The minimum atomic E-state index is -0.444. The minimum Gasteiger partial charge on any atom is -0.504 e. The maximum atomic E-state index is 12.1. The zero-order valence-corrected chi connectivity index (χ0v) is 13.2. The molecule has 7 nitrogen and oxygen atoms in total. The molecule has 0 bridgehead atoms. The number of rotatable bonds is 5. The number of carbonyl (C=O) groups is 2. The number of phenolic OH excluding ortho intramolecular Hbond substituents is 1. The Hall–Kier alpha value is -3.35. The van der Waals surface area contributed by atoms with E-state index < -0.39 is 5.91 Å². The van der Waals surface area contributed by atoms with Gasteiger partial charge in [0, 0.05) is 23.7 Å². The van der Waals surface area contributed by atoms with Gasteiger partial charge in [-0.3, -0.25) is 9.59 Å². The van der Waals surface area contributed by atoms with Gasteiger partial charge in [0.05, 0.1) is 13.3 Å². The zero-order chi connectivity index (χ0) is 17.5. The Balaban J connectivity index is 2.07. The van der Waals surface area contributed by atoms with Crippen molar-refractivity contribution in [3.63, 3.8) is 0 Å². The highest BCUT2D eigenvalue weighted by Gasteiger charge is 2.07. The smallest absolute Gasteiger partial charge is 0.271 e. The molecule has 0 radical (unpaired) electrons. The number of nitrogens with one attached hydrogen (secondary N) is 2. The Kier molecular flexibility index (Phi) is 5.51. The lowest BCUT2D eigenvalue weighted by molar-refractivity contribution is -0.114. The third kappa shape index (κ3) is 4.33. The molecule has 0 aliphatic rings. The Morgan fingerprint density at radius 2 is 1.96 bits per heavy atom. The molecular formula is C17H17N3O4. The normalized spacial score (nSPS) is 10.4. The number of ether oxygens (including phenoxy) is 1. The van der Waals surface area contributed by atoms with Crippen molar-refractivity contribution >= 4 is 23.7 Å². The number of amides is 2. The standard InChI is InChI=1S/C17H17N3O4/c1-11(21)19-14-7-3-5-12(9-14)17(23)20-18-10-13-6-4-8-15(24-2)16(13)22/h3-10,22H,1-2H3,(H,19,21)(H,20,23)/b18-10+. The summed E-state index contributed by atoms with van der Waals surface area (Å²) in [6.45, 7) is 1.39. The van der Waals surface area contributed by atoms with Crippen LogP contribution in [0, 0.1) is 0 Å². The first-order valence-electron chi connectivity index (χ1n) is 7.08. The van der Waals surface area contributed by atoms with Gasteiger partial charge in [-0.2, -0.15) is 5.10 Å². The van der Waals surface area contributed by atoms with E-state index in [2.05, 4.69) is 15.8 Å². The van der Waals surface area contributed by atoms with Crippen molar-refractivity contribution in [1.29, 1.82) is 0 Å². The lowest BCUT2D eigenvalue weighted by Crippen LogP contribution is -2.18. The fourth-order valence-corrected chi connectivity index (χ4v) is 1.97. The first-order valence-corrected chi connectivity index (χ1v) is 7.08. The van der Waals surface area contributed by atoms with Gasteiger partial charge < -0.3 is 15.2 Å². The van der Waals surface area contributed by atoms with Crippen molar-refractivity contribution < 1.29 is 19.4 Å². The molecule has 2 rings (SSSR count). The van der Waals surface area contributed by atoms with Gasteiger partial charge >= 0.3 is 0 Å². The van der Waals surface area contributed by atoms with Crippen molar-refractivity contribution in [3.8, 4) is 11.5 Å². The lowest BCUT2D eigenvalue weighted by Gasteiger charge is -2.06. The number of aromatic hydroxyl groups is 1. The van der Waals surface area contributed by atoms with E-state index in [-0.39, 0.29) is 11.7 Å². The summed E-state index contributed by atoms with van der Waals surface area (Å²) >= 11 is 0. The Morgan fingerprint density at radius 3 is 2.67 bits per heavy atom. The Bertz CT molecular complexity index is 787. The van der Waals surface area contributed by atoms with Crippen molar-refractivity contribution in [2.24, 2.45) is 5.10 Å². The molecule has 0 unspecified atom stereocenters. The number of para-hydroxylation sites is 1. The maximum absolute atomic E-state index is 12.1.